The van der Waals surface area contributed by atoms with E-state index in [2.05, 4.69) is 20.1 Å². The lowest BCUT2D eigenvalue weighted by Crippen LogP contribution is -1.82. The van der Waals surface area contributed by atoms with Gasteiger partial charge in [0, 0.05) is 11.6 Å². The first-order valence-electron chi connectivity index (χ1n) is 4.01. The largest absolute Gasteiger partial charge is 0.478 e. The minimum absolute atomic E-state index is 0.701. The van der Waals surface area contributed by atoms with Gasteiger partial charge in [0.05, 0.1) is 6.07 Å². The van der Waals surface area contributed by atoms with Crippen molar-refractivity contribution in [2.45, 2.75) is 26.2 Å². The van der Waals surface area contributed by atoms with E-state index in [1.165, 1.54) is 0 Å². The number of carboxylic acids is 1. The molecule has 0 saturated heterocycles. The van der Waals surface area contributed by atoms with E-state index in [-0.39, 0.29) is 0 Å². The zero-order valence-corrected chi connectivity index (χ0v) is 7.92. The molecule has 0 aliphatic rings. The first-order chi connectivity index (χ1) is 6.08. The molecule has 0 aromatic rings. The average molecular weight is 181 g/mol. The van der Waals surface area contributed by atoms with E-state index < -0.39 is 5.97 Å². The molecule has 1 N–H and O–H groups in total. The quantitative estimate of drug-likeness (QED) is 0.535. The van der Waals surface area contributed by atoms with Crippen molar-refractivity contribution < 1.29 is 9.90 Å². The lowest BCUT2D eigenvalue weighted by molar-refractivity contribution is -0.131. The lowest BCUT2D eigenvalue weighted by atomic mass is 10.1. The van der Waals surface area contributed by atoms with Gasteiger partial charge in [-0.1, -0.05) is 26.5 Å². The molecule has 0 atom stereocenters. The van der Waals surface area contributed by atoms with Gasteiger partial charge in [-0.3, -0.25) is 0 Å². The summed E-state index contributed by atoms with van der Waals surface area (Å²) in [5.74, 6) is -0.981. The van der Waals surface area contributed by atoms with Crippen molar-refractivity contribution in [3.8, 4) is 6.07 Å². The van der Waals surface area contributed by atoms with Crippen LogP contribution in [-0.4, -0.2) is 11.1 Å². The topological polar surface area (TPSA) is 61.1 Å². The summed E-state index contributed by atoms with van der Waals surface area (Å²) < 4.78 is 0. The van der Waals surface area contributed by atoms with E-state index in [9.17, 15) is 4.79 Å². The van der Waals surface area contributed by atoms with Crippen LogP contribution in [0.1, 0.15) is 26.2 Å². The molecule has 3 heteroatoms. The fraction of sp³-hybridized carbons (Fsp3) is 0.400. The normalized spacial score (nSPS) is 7.38. The molecule has 0 amide bonds. The summed E-state index contributed by atoms with van der Waals surface area (Å²) in [6.45, 7) is 8.61. The van der Waals surface area contributed by atoms with Gasteiger partial charge in [0.2, 0.25) is 0 Å². The first-order valence-corrected chi connectivity index (χ1v) is 4.01. The van der Waals surface area contributed by atoms with E-state index >= 15 is 0 Å². The molecule has 0 aliphatic heterocycles. The van der Waals surface area contributed by atoms with Gasteiger partial charge in [-0.25, -0.2) is 4.79 Å². The Kier molecular flexibility index (Phi) is 11.2. The molecule has 0 aromatic heterocycles. The Morgan fingerprint density at radius 1 is 1.69 bits per heavy atom. The van der Waals surface area contributed by atoms with Crippen molar-refractivity contribution >= 4 is 5.97 Å². The van der Waals surface area contributed by atoms with Gasteiger partial charge in [-0.15, -0.1) is 0 Å². The molecular weight excluding hydrogens is 166 g/mol. The molecule has 0 spiro atoms. The van der Waals surface area contributed by atoms with Crippen molar-refractivity contribution in [2.75, 3.05) is 0 Å². The number of hydrogen-bond acceptors (Lipinski definition) is 2. The van der Waals surface area contributed by atoms with Crippen LogP contribution >= 0.6 is 0 Å². The number of carboxylic acid groups (broad SMARTS) is 1. The molecule has 13 heavy (non-hydrogen) atoms. The lowest BCUT2D eigenvalue weighted by Gasteiger charge is -1.89. The predicted molar refractivity (Wildman–Crippen MR) is 52.1 cm³/mol. The number of unbranched alkanes of at least 4 members (excludes halogenated alkanes) is 1. The van der Waals surface area contributed by atoms with Crippen molar-refractivity contribution in [3.05, 3.63) is 24.8 Å². The molecule has 72 valence electrons. The molecule has 0 rings (SSSR count). The zero-order valence-electron chi connectivity index (χ0n) is 7.92. The number of carbonyl (C=O) groups is 1. The molecule has 0 heterocycles. The Hall–Kier alpha value is -1.56. The van der Waals surface area contributed by atoms with Gasteiger partial charge in [-0.05, 0) is 12.8 Å². The van der Waals surface area contributed by atoms with Gasteiger partial charge in [-0.2, -0.15) is 5.26 Å². The second kappa shape index (κ2) is 10.4. The van der Waals surface area contributed by atoms with Crippen LogP contribution < -0.4 is 0 Å². The number of allylic oxidation sites excluding steroid dienone is 1. The van der Waals surface area contributed by atoms with Crippen LogP contribution in [0.5, 0.6) is 0 Å². The van der Waals surface area contributed by atoms with Crippen LogP contribution in [0, 0.1) is 11.3 Å². The first kappa shape index (κ1) is 14.0. The molecule has 0 radical (unpaired) electrons. The number of rotatable bonds is 4. The highest BCUT2D eigenvalue weighted by Crippen LogP contribution is 2.01. The number of hydrogen-bond donors (Lipinski definition) is 1. The summed E-state index contributed by atoms with van der Waals surface area (Å²) in [5.41, 5.74) is 0.701. The molecule has 0 bridgehead atoms. The van der Waals surface area contributed by atoms with Crippen molar-refractivity contribution in [1.29, 1.82) is 5.26 Å². The van der Waals surface area contributed by atoms with Gasteiger partial charge in [0.15, 0.2) is 0 Å². The minimum atomic E-state index is -0.981. The second-order valence-corrected chi connectivity index (χ2v) is 2.36. The third-order valence-electron chi connectivity index (χ3n) is 1.16. The smallest absolute Gasteiger partial charge is 0.327 e. The highest BCUT2D eigenvalue weighted by atomic mass is 16.4. The number of nitriles is 1. The van der Waals surface area contributed by atoms with Gasteiger partial charge >= 0.3 is 5.97 Å². The van der Waals surface area contributed by atoms with Crippen molar-refractivity contribution in [1.82, 2.24) is 0 Å². The van der Waals surface area contributed by atoms with Crippen LogP contribution in [0.3, 0.4) is 0 Å². The highest BCUT2D eigenvalue weighted by Gasteiger charge is 1.87. The molecule has 0 aliphatic carbocycles. The highest BCUT2D eigenvalue weighted by molar-refractivity contribution is 5.78. The maximum absolute atomic E-state index is 9.25. The maximum Gasteiger partial charge on any atom is 0.327 e. The average Bonchev–Trinajstić information content (AvgIpc) is 2.15. The molecule has 0 fully saturated rings. The Morgan fingerprint density at radius 2 is 2.15 bits per heavy atom. The van der Waals surface area contributed by atoms with Crippen molar-refractivity contribution in [3.63, 3.8) is 0 Å². The monoisotopic (exact) mass is 181 g/mol. The van der Waals surface area contributed by atoms with Gasteiger partial charge < -0.3 is 5.11 Å². The zero-order chi connectivity index (χ0) is 10.7. The fourth-order valence-corrected chi connectivity index (χ4v) is 0.446. The summed E-state index contributed by atoms with van der Waals surface area (Å²) >= 11 is 0. The summed E-state index contributed by atoms with van der Waals surface area (Å²) in [5, 5.41) is 15.8. The van der Waals surface area contributed by atoms with E-state index in [1.807, 2.05) is 6.07 Å². The summed E-state index contributed by atoms with van der Waals surface area (Å²) in [7, 11) is 0. The van der Waals surface area contributed by atoms with Crippen LogP contribution in [-0.2, 0) is 4.79 Å². The standard InChI is InChI=1S/C7H11N.C3H4O2/c1-3-4-5-7(2)6-8;1-2-3(4)5/h2-5H2,1H3;2H,1H2,(H,4,5). The molecule has 3 nitrogen and oxygen atoms in total. The molecular formula is C10H15NO2. The third kappa shape index (κ3) is 17.9. The van der Waals surface area contributed by atoms with Crippen LogP contribution in [0.25, 0.3) is 0 Å². The van der Waals surface area contributed by atoms with Crippen LogP contribution in [0.15, 0.2) is 24.8 Å². The van der Waals surface area contributed by atoms with Crippen LogP contribution in [0.2, 0.25) is 0 Å². The van der Waals surface area contributed by atoms with E-state index in [0.29, 0.717) is 5.57 Å². The minimum Gasteiger partial charge on any atom is -0.478 e. The Morgan fingerprint density at radius 3 is 2.38 bits per heavy atom. The summed E-state index contributed by atoms with van der Waals surface area (Å²) in [4.78, 5) is 9.25. The molecule has 0 saturated carbocycles. The number of nitrogens with zero attached hydrogens (tertiary/aromatic N) is 1. The molecule has 0 aromatic carbocycles. The van der Waals surface area contributed by atoms with Crippen molar-refractivity contribution in [2.24, 2.45) is 0 Å². The summed E-state index contributed by atoms with van der Waals surface area (Å²) in [6, 6.07) is 2.01. The maximum atomic E-state index is 9.25. The van der Waals surface area contributed by atoms with Gasteiger partial charge in [0.1, 0.15) is 0 Å². The predicted octanol–water partition coefficient (Wildman–Crippen LogP) is 2.51. The third-order valence-corrected chi connectivity index (χ3v) is 1.16. The van der Waals surface area contributed by atoms with Gasteiger partial charge in [0.25, 0.3) is 0 Å². The summed E-state index contributed by atoms with van der Waals surface area (Å²) in [6.07, 6.45) is 3.93. The SMILES string of the molecule is C=C(C#N)CCCC.C=CC(=O)O. The van der Waals surface area contributed by atoms with E-state index in [4.69, 9.17) is 10.4 Å². The Labute approximate surface area is 79.0 Å². The Balaban J connectivity index is 0. The van der Waals surface area contributed by atoms with E-state index in [1.54, 1.807) is 0 Å². The Bertz CT molecular complexity index is 213. The van der Waals surface area contributed by atoms with E-state index in [0.717, 1.165) is 25.3 Å². The van der Waals surface area contributed by atoms with Crippen LogP contribution in [0.4, 0.5) is 0 Å². The number of aliphatic carboxylic acids is 1. The second-order valence-electron chi connectivity index (χ2n) is 2.36. The fourth-order valence-electron chi connectivity index (χ4n) is 0.446. The molecule has 0 unspecified atom stereocenters.